The van der Waals surface area contributed by atoms with Crippen LogP contribution in [0, 0.1) is 40.9 Å². The fourth-order valence-electron chi connectivity index (χ4n) is 5.87. The summed E-state index contributed by atoms with van der Waals surface area (Å²) in [5.74, 6) is -3.90. The highest BCUT2D eigenvalue weighted by Gasteiger charge is 2.20. The zero-order valence-corrected chi connectivity index (χ0v) is 49.1. The number of ketones is 1. The van der Waals surface area contributed by atoms with Gasteiger partial charge >= 0.3 is 35.9 Å². The van der Waals surface area contributed by atoms with E-state index in [0.717, 1.165) is 26.4 Å². The molecule has 0 fully saturated rings. The van der Waals surface area contributed by atoms with Crippen molar-refractivity contribution in [1.29, 1.82) is 0 Å². The monoisotopic (exact) mass is 1270 g/mol. The summed E-state index contributed by atoms with van der Waals surface area (Å²) in [6, 6.07) is 21.3. The largest absolute Gasteiger partial charge is 0.494 e. The number of hydrogen-bond acceptors (Lipinski definition) is 20. The lowest BCUT2D eigenvalue weighted by atomic mass is 10.1. The van der Waals surface area contributed by atoms with Crippen LogP contribution in [0.2, 0.25) is 0 Å². The Kier molecular flexibility index (Phi) is 30.7. The quantitative estimate of drug-likeness (QED) is 0.00875. The molecule has 0 saturated carbocycles. The number of benzene rings is 5. The summed E-state index contributed by atoms with van der Waals surface area (Å²) >= 11 is 0. The van der Waals surface area contributed by atoms with E-state index in [1.807, 2.05) is 11.8 Å². The lowest BCUT2D eigenvalue weighted by Crippen LogP contribution is -2.27. The first-order valence-corrected chi connectivity index (χ1v) is 24.1. The number of halogens is 5. The Labute approximate surface area is 527 Å². The second kappa shape index (κ2) is 39.7. The highest BCUT2D eigenvalue weighted by molar-refractivity contribution is 6.01. The molecular formula is C59H83BF5N4O19. The molecule has 0 aliphatic heterocycles. The van der Waals surface area contributed by atoms with E-state index in [0.29, 0.717) is 0 Å². The average Bonchev–Trinajstić information content (AvgIpc) is 0.788. The van der Waals surface area contributed by atoms with Gasteiger partial charge in [0.1, 0.15) is 17.0 Å². The molecule has 29 heteroatoms. The van der Waals surface area contributed by atoms with Crippen LogP contribution in [0.1, 0.15) is 78.1 Å². The number of aromatic amines is 1. The van der Waals surface area contributed by atoms with Crippen LogP contribution in [0.15, 0.2) is 108 Å². The van der Waals surface area contributed by atoms with E-state index >= 15 is 0 Å². The number of methoxy groups -OCH3 is 9. The predicted molar refractivity (Wildman–Crippen MR) is 333 cm³/mol. The van der Waals surface area contributed by atoms with Gasteiger partial charge in [-0.2, -0.15) is 0 Å². The summed E-state index contributed by atoms with van der Waals surface area (Å²) in [6.07, 6.45) is 0.162. The number of carbonyl (C=O) groups is 7. The van der Waals surface area contributed by atoms with Crippen LogP contribution in [0.4, 0.5) is 43.8 Å². The number of hydrogen-bond donors (Lipinski definition) is 5. The Morgan fingerprint density at radius 1 is 0.614 bits per heavy atom. The number of aromatic carboxylic acids is 1. The van der Waals surface area contributed by atoms with Gasteiger partial charge in [-0.25, -0.2) is 50.7 Å². The zero-order chi connectivity index (χ0) is 77.4. The molecule has 88 heavy (non-hydrogen) atoms. The standard InChI is InChI=1S/C13H14FNO5.C12H10FNO4.C12H16FNO3.C8H7FO3.C7H8FNO.C6H6O3.CH4.B.9H2/c1-18-10-6-4-5-8(12(10)14)15-9(13(17)20-3)7-11(16)19-2;1-17-9-4-3-6-8(15)5-7(12(16)18-2)14-11(6)10(9)13;1-12(2,3)17-11(15)14-8-6-5-7-9(16-4)10(8)13;1-12-6-4-2-3-5(7(6)9)8(10)11;1-10-6-4-2-3-5(9)7(6)8;1-5(7)3-4-6(8)9-2;;;;;;;;;;;/h4-7,15H,1-3H3;3-5H,1-2H3,(H,14,15);5-7H,1-4H3,(H,14,15);2-4H,1H3,(H,10,11);2-4H,9H2,1H3;1-2H3;1H4;;9*1H/b9-7-;;;;;;;;;;;;;;;;/i;;;;;;;;6*1+1D;3*1+1. The van der Waals surface area contributed by atoms with Crippen molar-refractivity contribution in [3.8, 4) is 40.6 Å². The van der Waals surface area contributed by atoms with Crippen molar-refractivity contribution in [3.05, 3.63) is 153 Å². The first-order chi connectivity index (χ1) is 46.5. The number of pyridine rings is 1. The third-order valence-corrected chi connectivity index (χ3v) is 9.83. The van der Waals surface area contributed by atoms with E-state index in [4.69, 9.17) is 47.6 Å². The summed E-state index contributed by atoms with van der Waals surface area (Å²) in [5.41, 5.74) is 3.42. The van der Waals surface area contributed by atoms with Crippen molar-refractivity contribution >= 4 is 78.1 Å². The fraction of sp³-hybridized carbons (Fsp3) is 0.254. The summed E-state index contributed by atoms with van der Waals surface area (Å²) in [5, 5.41) is 13.4. The van der Waals surface area contributed by atoms with Gasteiger partial charge in [0.15, 0.2) is 63.3 Å². The lowest BCUT2D eigenvalue weighted by molar-refractivity contribution is -0.138. The summed E-state index contributed by atoms with van der Waals surface area (Å²) in [7, 11) is 11.3. The molecule has 1 aromatic heterocycles. The molecule has 0 spiro atoms. The predicted octanol–water partition coefficient (Wildman–Crippen LogP) is 11.3. The van der Waals surface area contributed by atoms with Gasteiger partial charge in [-0.05, 0) is 87.4 Å². The van der Waals surface area contributed by atoms with E-state index in [1.54, 1.807) is 32.9 Å². The van der Waals surface area contributed by atoms with Crippen molar-refractivity contribution in [2.75, 3.05) is 80.4 Å². The molecule has 0 atom stereocenters. The van der Waals surface area contributed by atoms with Crippen molar-refractivity contribution in [2.45, 2.75) is 40.7 Å². The molecule has 0 aliphatic carbocycles. The number of Topliss-reactive ketones (excluding diaryl/α,β-unsaturated/α-hetero) is 1. The Morgan fingerprint density at radius 2 is 1.08 bits per heavy atom. The minimum atomic E-state index is -1.30. The molecule has 6 rings (SSSR count). The van der Waals surface area contributed by atoms with Crippen molar-refractivity contribution in [1.82, 2.24) is 4.98 Å². The second-order valence-corrected chi connectivity index (χ2v) is 16.8. The highest BCUT2D eigenvalue weighted by atomic mass is 19.1. The lowest BCUT2D eigenvalue weighted by Gasteiger charge is -2.20. The number of carboxylic acids is 1. The maximum absolute atomic E-state index is 13.9. The summed E-state index contributed by atoms with van der Waals surface area (Å²) < 4.78 is 174. The van der Waals surface area contributed by atoms with Gasteiger partial charge in [0.25, 0.3) is 0 Å². The summed E-state index contributed by atoms with van der Waals surface area (Å²) in [4.78, 5) is 90.4. The zero-order valence-electron chi connectivity index (χ0n) is 61.1. The number of anilines is 3. The molecular weight excluding hydrogens is 1170 g/mol. The number of fused-ring (bicyclic) bond motifs is 1. The van der Waals surface area contributed by atoms with Gasteiger partial charge in [0.2, 0.25) is 5.78 Å². The van der Waals surface area contributed by atoms with Gasteiger partial charge in [-0.1, -0.05) is 31.7 Å². The number of carbonyl (C=O) groups excluding carboxylic acids is 6. The molecule has 3 radical (unpaired) electrons. The number of nitrogen functional groups attached to an aromatic ring is 1. The topological polar surface area (TPSA) is 315 Å². The number of esters is 4. The first kappa shape index (κ1) is 68.0. The van der Waals surface area contributed by atoms with Crippen molar-refractivity contribution < 1.29 is 130 Å². The van der Waals surface area contributed by atoms with Crippen LogP contribution in [0.25, 0.3) is 10.9 Å². The average molecular weight is 1270 g/mol. The molecule has 6 aromatic rings. The number of rotatable bonds is 12. The highest BCUT2D eigenvalue weighted by Crippen LogP contribution is 2.27. The Morgan fingerprint density at radius 3 is 1.51 bits per heavy atom. The van der Waals surface area contributed by atoms with Gasteiger partial charge in [-0.3, -0.25) is 14.9 Å². The second-order valence-electron chi connectivity index (χ2n) is 16.8. The molecule has 5 aromatic carbocycles. The number of H-pyrrole nitrogens is 1. The molecule has 6 N–H and O–H groups in total. The van der Waals surface area contributed by atoms with E-state index in [9.17, 15) is 60.3 Å². The molecule has 0 aliphatic rings. The van der Waals surface area contributed by atoms with E-state index in [2.05, 4.69) is 44.0 Å². The number of nitrogens with two attached hydrogens (primary N) is 1. The van der Waals surface area contributed by atoms with E-state index in [-0.39, 0.29) is 99.6 Å². The number of nitrogens with one attached hydrogen (secondary N) is 3. The Balaban J connectivity index is -0.000000107. The van der Waals surface area contributed by atoms with Crippen LogP contribution >= 0.6 is 0 Å². The van der Waals surface area contributed by atoms with Crippen molar-refractivity contribution in [3.63, 3.8) is 0 Å². The molecule has 23 nitrogen and oxygen atoms in total. The maximum Gasteiger partial charge on any atom is 0.412 e. The third kappa shape index (κ3) is 26.0. The summed E-state index contributed by atoms with van der Waals surface area (Å²) in [6.45, 7) is 6.47. The third-order valence-electron chi connectivity index (χ3n) is 9.83. The first-order valence-electron chi connectivity index (χ1n) is 30.1. The van der Waals surface area contributed by atoms with Crippen LogP contribution in [0.3, 0.4) is 0 Å². The number of carboxylic acid groups (broad SMARTS) is 1. The van der Waals surface area contributed by atoms with Crippen LogP contribution in [-0.4, -0.2) is 130 Å². The Bertz CT molecular complexity index is 3570. The van der Waals surface area contributed by atoms with Gasteiger partial charge < -0.3 is 68.5 Å². The molecule has 1 amide bonds. The SMILES string of the molecule is C.COC(=O)/C=C(\Nc1cccc(OC)c1F)C(=O)OC.COC(=O)C#CC(C)=O.COC(=O)c1cc(=O)c2ccc(OC)c(F)c2[nH]1.COc1cccc(C(=O)O)c1F.COc1cccc(N)c1F.COc1cccc(NC(=O)OC(C)(C)C)c1F.[2HH].[2HH].[2HH].[2H][2H].[2H][2H].[2H][2H].[2H][2H].[2H][2H].[2H][2H].[B]. The van der Waals surface area contributed by atoms with Crippen LogP contribution in [0.5, 0.6) is 28.7 Å². The Hall–Kier alpha value is -10.8. The smallest absolute Gasteiger partial charge is 0.412 e. The molecule has 1 heterocycles. The van der Waals surface area contributed by atoms with Gasteiger partial charge in [0.05, 0.1) is 98.2 Å². The normalized spacial score (nSPS) is 10.3. The van der Waals surface area contributed by atoms with Crippen LogP contribution in [-0.2, 0) is 42.9 Å². The fourth-order valence-corrected chi connectivity index (χ4v) is 5.87. The van der Waals surface area contributed by atoms with E-state index < -0.39 is 76.1 Å². The molecule has 0 bridgehead atoms. The van der Waals surface area contributed by atoms with Gasteiger partial charge in [-0.15, -0.1) is 0 Å². The van der Waals surface area contributed by atoms with Gasteiger partial charge in [0, 0.05) is 54.8 Å². The van der Waals surface area contributed by atoms with Crippen LogP contribution < -0.4 is 45.5 Å². The molecule has 0 unspecified atom stereocenters. The molecule has 0 saturated heterocycles. The number of amides is 1. The van der Waals surface area contributed by atoms with E-state index in [1.165, 1.54) is 129 Å². The minimum absolute atomic E-state index is 0. The number of ether oxygens (including phenoxy) is 10. The maximum atomic E-state index is 13.9. The minimum Gasteiger partial charge on any atom is -0.494 e. The molecule has 491 valence electrons. The number of aromatic nitrogens is 1. The van der Waals surface area contributed by atoms with Crippen molar-refractivity contribution in [2.24, 2.45) is 0 Å².